The first-order valence-electron chi connectivity index (χ1n) is 9.07. The molecule has 1 aromatic rings. The average molecular weight is 332 g/mol. The van der Waals surface area contributed by atoms with Crippen LogP contribution < -0.4 is 5.32 Å². The lowest BCUT2D eigenvalue weighted by Gasteiger charge is -2.31. The maximum atomic E-state index is 12.8. The highest BCUT2D eigenvalue weighted by Gasteiger charge is 2.26. The van der Waals surface area contributed by atoms with Gasteiger partial charge in [-0.3, -0.25) is 0 Å². The summed E-state index contributed by atoms with van der Waals surface area (Å²) in [5.74, 6) is 0.466. The molecular weight excluding hydrogens is 300 g/mol. The van der Waals surface area contributed by atoms with E-state index in [1.54, 1.807) is 0 Å². The number of ether oxygens (including phenoxy) is 1. The van der Waals surface area contributed by atoms with Gasteiger partial charge in [0.25, 0.3) is 0 Å². The van der Waals surface area contributed by atoms with Crippen LogP contribution in [0.5, 0.6) is 0 Å². The van der Waals surface area contributed by atoms with Crippen molar-refractivity contribution in [2.24, 2.45) is 11.3 Å². The van der Waals surface area contributed by atoms with E-state index in [-0.39, 0.29) is 17.5 Å². The maximum Gasteiger partial charge on any atom is 0.317 e. The van der Waals surface area contributed by atoms with Gasteiger partial charge in [0.2, 0.25) is 0 Å². The van der Waals surface area contributed by atoms with Gasteiger partial charge in [-0.15, -0.1) is 0 Å². The van der Waals surface area contributed by atoms with Gasteiger partial charge in [-0.1, -0.05) is 51.1 Å². The molecule has 0 aliphatic carbocycles. The van der Waals surface area contributed by atoms with Crippen molar-refractivity contribution in [3.8, 4) is 0 Å². The van der Waals surface area contributed by atoms with Gasteiger partial charge in [-0.25, -0.2) is 4.79 Å². The van der Waals surface area contributed by atoms with Gasteiger partial charge in [-0.05, 0) is 30.7 Å². The van der Waals surface area contributed by atoms with Gasteiger partial charge in [0.05, 0.1) is 12.6 Å². The molecule has 1 N–H and O–H groups in total. The monoisotopic (exact) mass is 332 g/mol. The molecule has 1 aromatic carbocycles. The third-order valence-electron chi connectivity index (χ3n) is 4.49. The van der Waals surface area contributed by atoms with Gasteiger partial charge >= 0.3 is 6.03 Å². The molecule has 1 heterocycles. The standard InChI is InChI=1S/C20H32N2O2/c1-5-22(14-16-11-12-24-15-16)19(23)21-18(13-20(2,3)4)17-9-7-6-8-10-17/h6-10,16,18H,5,11-15H2,1-4H3,(H,21,23)/t16-,18+/m1/s1. The van der Waals surface area contributed by atoms with Crippen LogP contribution in [0.25, 0.3) is 0 Å². The molecule has 134 valence electrons. The molecule has 2 amide bonds. The Morgan fingerprint density at radius 2 is 2.04 bits per heavy atom. The second kappa shape index (κ2) is 8.52. The van der Waals surface area contributed by atoms with Crippen molar-refractivity contribution in [1.29, 1.82) is 0 Å². The third-order valence-corrected chi connectivity index (χ3v) is 4.49. The van der Waals surface area contributed by atoms with Crippen LogP contribution in [0.1, 0.15) is 52.1 Å². The van der Waals surface area contributed by atoms with E-state index in [9.17, 15) is 4.79 Å². The Morgan fingerprint density at radius 1 is 1.33 bits per heavy atom. The summed E-state index contributed by atoms with van der Waals surface area (Å²) in [4.78, 5) is 14.7. The summed E-state index contributed by atoms with van der Waals surface area (Å²) in [5, 5.41) is 3.26. The van der Waals surface area contributed by atoms with Crippen LogP contribution in [0.3, 0.4) is 0 Å². The second-order valence-corrected chi connectivity index (χ2v) is 7.95. The van der Waals surface area contributed by atoms with Gasteiger partial charge in [-0.2, -0.15) is 0 Å². The van der Waals surface area contributed by atoms with Crippen molar-refractivity contribution < 1.29 is 9.53 Å². The first kappa shape index (κ1) is 18.8. The predicted octanol–water partition coefficient (Wildman–Crippen LogP) is 4.23. The molecule has 1 fully saturated rings. The first-order chi connectivity index (χ1) is 11.4. The first-order valence-corrected chi connectivity index (χ1v) is 9.07. The Labute approximate surface area is 146 Å². The Kier molecular flexibility index (Phi) is 6.67. The van der Waals surface area contributed by atoms with Crippen LogP contribution in [0.15, 0.2) is 30.3 Å². The number of hydrogen-bond acceptors (Lipinski definition) is 2. The SMILES string of the molecule is CCN(C[C@H]1CCOC1)C(=O)N[C@@H](CC(C)(C)C)c1ccccc1. The molecule has 0 saturated carbocycles. The lowest BCUT2D eigenvalue weighted by Crippen LogP contribution is -2.44. The van der Waals surface area contributed by atoms with Crippen molar-refractivity contribution in [2.45, 2.75) is 46.6 Å². The number of carbonyl (C=O) groups excluding carboxylic acids is 1. The van der Waals surface area contributed by atoms with Crippen molar-refractivity contribution in [2.75, 3.05) is 26.3 Å². The molecule has 0 aromatic heterocycles. The van der Waals surface area contributed by atoms with E-state index in [0.29, 0.717) is 5.92 Å². The van der Waals surface area contributed by atoms with E-state index in [1.807, 2.05) is 30.0 Å². The number of nitrogens with one attached hydrogen (secondary N) is 1. The summed E-state index contributed by atoms with van der Waals surface area (Å²) in [6.45, 7) is 11.8. The molecule has 4 heteroatoms. The minimum absolute atomic E-state index is 0.0301. The molecule has 0 spiro atoms. The molecule has 24 heavy (non-hydrogen) atoms. The molecule has 1 saturated heterocycles. The lowest BCUT2D eigenvalue weighted by atomic mass is 9.85. The van der Waals surface area contributed by atoms with E-state index in [2.05, 4.69) is 38.2 Å². The fourth-order valence-corrected chi connectivity index (χ4v) is 3.18. The number of amides is 2. The van der Waals surface area contributed by atoms with E-state index < -0.39 is 0 Å². The largest absolute Gasteiger partial charge is 0.381 e. The summed E-state index contributed by atoms with van der Waals surface area (Å²) >= 11 is 0. The summed E-state index contributed by atoms with van der Waals surface area (Å²) in [5.41, 5.74) is 1.31. The molecular formula is C20H32N2O2. The Balaban J connectivity index is 2.04. The topological polar surface area (TPSA) is 41.6 Å². The summed E-state index contributed by atoms with van der Waals surface area (Å²) in [6.07, 6.45) is 1.96. The van der Waals surface area contributed by atoms with E-state index in [1.165, 1.54) is 5.56 Å². The quantitative estimate of drug-likeness (QED) is 0.847. The minimum Gasteiger partial charge on any atom is -0.381 e. The van der Waals surface area contributed by atoms with Crippen LogP contribution in [0.4, 0.5) is 4.79 Å². The lowest BCUT2D eigenvalue weighted by molar-refractivity contribution is 0.163. The zero-order chi connectivity index (χ0) is 17.6. The van der Waals surface area contributed by atoms with Gasteiger partial charge < -0.3 is 15.0 Å². The van der Waals surface area contributed by atoms with Crippen molar-refractivity contribution in [1.82, 2.24) is 10.2 Å². The molecule has 1 aliphatic heterocycles. The van der Waals surface area contributed by atoms with Crippen molar-refractivity contribution in [3.63, 3.8) is 0 Å². The zero-order valence-electron chi connectivity index (χ0n) is 15.5. The highest BCUT2D eigenvalue weighted by Crippen LogP contribution is 2.29. The van der Waals surface area contributed by atoms with Gasteiger partial charge in [0.15, 0.2) is 0 Å². The number of carbonyl (C=O) groups is 1. The predicted molar refractivity (Wildman–Crippen MR) is 98.0 cm³/mol. The fraction of sp³-hybridized carbons (Fsp3) is 0.650. The molecule has 1 aliphatic rings. The normalized spacial score (nSPS) is 19.1. The number of urea groups is 1. The average Bonchev–Trinajstić information content (AvgIpc) is 3.04. The van der Waals surface area contributed by atoms with Crippen molar-refractivity contribution in [3.05, 3.63) is 35.9 Å². The molecule has 2 atom stereocenters. The molecule has 0 radical (unpaired) electrons. The summed E-state index contributed by atoms with van der Waals surface area (Å²) in [7, 11) is 0. The number of benzene rings is 1. The highest BCUT2D eigenvalue weighted by atomic mass is 16.5. The fourth-order valence-electron chi connectivity index (χ4n) is 3.18. The molecule has 0 unspecified atom stereocenters. The third kappa shape index (κ3) is 5.82. The van der Waals surface area contributed by atoms with Crippen molar-refractivity contribution >= 4 is 6.03 Å². The van der Waals surface area contributed by atoms with E-state index >= 15 is 0 Å². The summed E-state index contributed by atoms with van der Waals surface area (Å²) in [6, 6.07) is 10.3. The van der Waals surface area contributed by atoms with E-state index in [4.69, 9.17) is 4.74 Å². The smallest absolute Gasteiger partial charge is 0.317 e. The summed E-state index contributed by atoms with van der Waals surface area (Å²) < 4.78 is 5.44. The zero-order valence-corrected chi connectivity index (χ0v) is 15.5. The number of rotatable bonds is 6. The number of hydrogen-bond donors (Lipinski definition) is 1. The van der Waals surface area contributed by atoms with E-state index in [0.717, 1.165) is 39.1 Å². The van der Waals surface area contributed by atoms with Crippen LogP contribution >= 0.6 is 0 Å². The molecule has 0 bridgehead atoms. The van der Waals surface area contributed by atoms with Crippen LogP contribution in [0.2, 0.25) is 0 Å². The van der Waals surface area contributed by atoms with Crippen LogP contribution in [-0.2, 0) is 4.74 Å². The maximum absolute atomic E-state index is 12.8. The Bertz CT molecular complexity index is 504. The number of nitrogens with zero attached hydrogens (tertiary/aromatic N) is 1. The molecule has 2 rings (SSSR count). The Morgan fingerprint density at radius 3 is 2.58 bits per heavy atom. The van der Waals surface area contributed by atoms with Crippen LogP contribution in [0, 0.1) is 11.3 Å². The molecule has 4 nitrogen and oxygen atoms in total. The highest BCUT2D eigenvalue weighted by molar-refractivity contribution is 5.74. The Hall–Kier alpha value is -1.55. The second-order valence-electron chi connectivity index (χ2n) is 7.95. The minimum atomic E-state index is 0.0301. The van der Waals surface area contributed by atoms with Gasteiger partial charge in [0.1, 0.15) is 0 Å². The van der Waals surface area contributed by atoms with Gasteiger partial charge in [0, 0.05) is 25.6 Å². The van der Waals surface area contributed by atoms with Crippen LogP contribution in [-0.4, -0.2) is 37.2 Å².